The average molecular weight is 276 g/mol. The normalized spacial score (nSPS) is 12.2. The number of rotatable bonds is 6. The van der Waals surface area contributed by atoms with Crippen molar-refractivity contribution in [2.24, 2.45) is 5.41 Å². The molecule has 0 bridgehead atoms. The minimum absolute atomic E-state index is 0.393. The summed E-state index contributed by atoms with van der Waals surface area (Å²) in [5.41, 5.74) is 3.08. The Morgan fingerprint density at radius 1 is 1.00 bits per heavy atom. The topological polar surface area (TPSA) is 9.23 Å². The molecule has 0 saturated heterocycles. The summed E-state index contributed by atoms with van der Waals surface area (Å²) < 4.78 is 6.08. The van der Waals surface area contributed by atoms with Gasteiger partial charge in [-0.05, 0) is 47.3 Å². The second kappa shape index (κ2) is 7.15. The summed E-state index contributed by atoms with van der Waals surface area (Å²) in [6.45, 7) is 16.6. The summed E-state index contributed by atoms with van der Waals surface area (Å²) in [5.74, 6) is 2.14. The molecule has 1 nitrogen and oxygen atoms in total. The van der Waals surface area contributed by atoms with Crippen LogP contribution in [0.3, 0.4) is 0 Å². The maximum Gasteiger partial charge on any atom is 0.123 e. The van der Waals surface area contributed by atoms with E-state index in [1.54, 1.807) is 0 Å². The van der Waals surface area contributed by atoms with Gasteiger partial charge in [0.2, 0.25) is 0 Å². The molecule has 0 aliphatic rings. The van der Waals surface area contributed by atoms with Crippen molar-refractivity contribution < 1.29 is 4.74 Å². The van der Waals surface area contributed by atoms with Crippen LogP contribution < -0.4 is 4.74 Å². The van der Waals surface area contributed by atoms with Crippen molar-refractivity contribution in [2.45, 2.75) is 73.1 Å². The van der Waals surface area contributed by atoms with Crippen molar-refractivity contribution in [3.63, 3.8) is 0 Å². The lowest BCUT2D eigenvalue weighted by molar-refractivity contribution is 0.266. The quantitative estimate of drug-likeness (QED) is 0.567. The van der Waals surface area contributed by atoms with Crippen LogP contribution in [0.2, 0.25) is 0 Å². The molecule has 0 atom stereocenters. The molecule has 1 heteroatoms. The average Bonchev–Trinajstić information content (AvgIpc) is 2.33. The number of ether oxygens (including phenoxy) is 1. The van der Waals surface area contributed by atoms with E-state index >= 15 is 0 Å². The van der Waals surface area contributed by atoms with E-state index in [1.807, 2.05) is 0 Å². The van der Waals surface area contributed by atoms with E-state index < -0.39 is 0 Å². The Labute approximate surface area is 125 Å². The molecular formula is C19H32O. The molecule has 0 N–H and O–H groups in total. The maximum absolute atomic E-state index is 6.08. The third-order valence-electron chi connectivity index (χ3n) is 3.65. The van der Waals surface area contributed by atoms with Crippen molar-refractivity contribution in [1.82, 2.24) is 0 Å². The summed E-state index contributed by atoms with van der Waals surface area (Å²) >= 11 is 0. The lowest BCUT2D eigenvalue weighted by Crippen LogP contribution is -2.09. The molecule has 0 saturated carbocycles. The van der Waals surface area contributed by atoms with E-state index in [0.29, 0.717) is 17.3 Å². The number of hydrogen-bond donors (Lipinski definition) is 0. The van der Waals surface area contributed by atoms with Crippen LogP contribution in [0.4, 0.5) is 0 Å². The molecule has 0 aliphatic heterocycles. The molecule has 0 aliphatic carbocycles. The second-order valence-corrected chi connectivity index (χ2v) is 7.62. The SMILES string of the molecule is CC(C)c1ccc(C(C)C)c(OCCCC(C)(C)C)c1. The Morgan fingerprint density at radius 2 is 1.65 bits per heavy atom. The van der Waals surface area contributed by atoms with Crippen LogP contribution in [0.25, 0.3) is 0 Å². The van der Waals surface area contributed by atoms with Crippen molar-refractivity contribution in [3.05, 3.63) is 29.3 Å². The van der Waals surface area contributed by atoms with E-state index in [4.69, 9.17) is 4.74 Å². The Balaban J connectivity index is 2.73. The van der Waals surface area contributed by atoms with Crippen LogP contribution in [0.1, 0.15) is 84.3 Å². The van der Waals surface area contributed by atoms with Gasteiger partial charge in [-0.25, -0.2) is 0 Å². The highest BCUT2D eigenvalue weighted by Crippen LogP contribution is 2.30. The van der Waals surface area contributed by atoms with Gasteiger partial charge in [0, 0.05) is 0 Å². The first kappa shape index (κ1) is 17.1. The predicted molar refractivity (Wildman–Crippen MR) is 88.8 cm³/mol. The third-order valence-corrected chi connectivity index (χ3v) is 3.65. The molecule has 0 aromatic heterocycles. The molecule has 0 heterocycles. The van der Waals surface area contributed by atoms with Crippen molar-refractivity contribution in [2.75, 3.05) is 6.61 Å². The highest BCUT2D eigenvalue weighted by molar-refractivity contribution is 5.40. The zero-order valence-corrected chi connectivity index (χ0v) is 14.4. The summed E-state index contributed by atoms with van der Waals surface area (Å²) in [5, 5.41) is 0. The fourth-order valence-electron chi connectivity index (χ4n) is 2.30. The van der Waals surface area contributed by atoms with Crippen molar-refractivity contribution in [3.8, 4) is 5.75 Å². The highest BCUT2D eigenvalue weighted by atomic mass is 16.5. The van der Waals surface area contributed by atoms with Gasteiger partial charge in [0.15, 0.2) is 0 Å². The van der Waals surface area contributed by atoms with Gasteiger partial charge >= 0.3 is 0 Å². The smallest absolute Gasteiger partial charge is 0.123 e. The monoisotopic (exact) mass is 276 g/mol. The predicted octanol–water partition coefficient (Wildman–Crippen LogP) is 6.14. The Morgan fingerprint density at radius 3 is 2.15 bits per heavy atom. The fourth-order valence-corrected chi connectivity index (χ4v) is 2.30. The number of benzene rings is 1. The molecular weight excluding hydrogens is 244 g/mol. The number of hydrogen-bond acceptors (Lipinski definition) is 1. The largest absolute Gasteiger partial charge is 0.493 e. The van der Waals surface area contributed by atoms with E-state index in [2.05, 4.69) is 66.7 Å². The zero-order valence-electron chi connectivity index (χ0n) is 14.4. The van der Waals surface area contributed by atoms with Crippen LogP contribution in [0.5, 0.6) is 5.75 Å². The lowest BCUT2D eigenvalue weighted by Gasteiger charge is -2.20. The van der Waals surface area contributed by atoms with Crippen LogP contribution in [-0.4, -0.2) is 6.61 Å². The molecule has 0 unspecified atom stereocenters. The lowest BCUT2D eigenvalue weighted by atomic mass is 9.91. The standard InChI is InChI=1S/C19H32O/c1-14(2)16-9-10-17(15(3)4)18(13-16)20-12-8-11-19(5,6)7/h9-10,13-15H,8,11-12H2,1-7H3. The fraction of sp³-hybridized carbons (Fsp3) is 0.684. The molecule has 0 amide bonds. The maximum atomic E-state index is 6.08. The molecule has 1 aromatic carbocycles. The van der Waals surface area contributed by atoms with Crippen LogP contribution >= 0.6 is 0 Å². The molecule has 114 valence electrons. The second-order valence-electron chi connectivity index (χ2n) is 7.62. The first-order chi connectivity index (χ1) is 9.20. The van der Waals surface area contributed by atoms with E-state index in [0.717, 1.165) is 18.8 Å². The summed E-state index contributed by atoms with van der Waals surface area (Å²) in [6, 6.07) is 6.71. The molecule has 0 fully saturated rings. The zero-order chi connectivity index (χ0) is 15.3. The van der Waals surface area contributed by atoms with Crippen LogP contribution in [0, 0.1) is 5.41 Å². The van der Waals surface area contributed by atoms with Crippen molar-refractivity contribution in [1.29, 1.82) is 0 Å². The summed E-state index contributed by atoms with van der Waals surface area (Å²) in [7, 11) is 0. The van der Waals surface area contributed by atoms with Crippen molar-refractivity contribution >= 4 is 0 Å². The first-order valence-electron chi connectivity index (χ1n) is 7.97. The molecule has 1 aromatic rings. The molecule has 1 rings (SSSR count). The Kier molecular flexibility index (Phi) is 6.10. The van der Waals surface area contributed by atoms with E-state index in [1.165, 1.54) is 17.5 Å². The van der Waals surface area contributed by atoms with Gasteiger partial charge in [-0.3, -0.25) is 0 Å². The van der Waals surface area contributed by atoms with Gasteiger partial charge in [0.1, 0.15) is 5.75 Å². The Hall–Kier alpha value is -0.980. The molecule has 0 spiro atoms. The van der Waals surface area contributed by atoms with E-state index in [-0.39, 0.29) is 0 Å². The van der Waals surface area contributed by atoms with Gasteiger partial charge in [0.25, 0.3) is 0 Å². The molecule has 0 radical (unpaired) electrons. The summed E-state index contributed by atoms with van der Waals surface area (Å²) in [6.07, 6.45) is 2.32. The van der Waals surface area contributed by atoms with Crippen LogP contribution in [-0.2, 0) is 0 Å². The van der Waals surface area contributed by atoms with Gasteiger partial charge in [0.05, 0.1) is 6.61 Å². The van der Waals surface area contributed by atoms with Gasteiger partial charge in [-0.15, -0.1) is 0 Å². The molecule has 20 heavy (non-hydrogen) atoms. The minimum Gasteiger partial charge on any atom is -0.493 e. The first-order valence-corrected chi connectivity index (χ1v) is 7.97. The van der Waals surface area contributed by atoms with Gasteiger partial charge in [-0.1, -0.05) is 60.6 Å². The van der Waals surface area contributed by atoms with Crippen LogP contribution in [0.15, 0.2) is 18.2 Å². The van der Waals surface area contributed by atoms with Gasteiger partial charge < -0.3 is 4.74 Å². The van der Waals surface area contributed by atoms with E-state index in [9.17, 15) is 0 Å². The minimum atomic E-state index is 0.393. The van der Waals surface area contributed by atoms with Gasteiger partial charge in [-0.2, -0.15) is 0 Å². The third kappa shape index (κ3) is 5.56. The Bertz CT molecular complexity index is 410. The highest BCUT2D eigenvalue weighted by Gasteiger charge is 2.12. The summed E-state index contributed by atoms with van der Waals surface area (Å²) in [4.78, 5) is 0.